The summed E-state index contributed by atoms with van der Waals surface area (Å²) in [5.74, 6) is 1.71. The summed E-state index contributed by atoms with van der Waals surface area (Å²) >= 11 is 5.89. The number of hydrogen-bond donors (Lipinski definition) is 2. The largest absolute Gasteiger partial charge is 0.356 e. The molecule has 130 valence electrons. The molecule has 0 radical (unpaired) electrons. The van der Waals surface area contributed by atoms with Gasteiger partial charge in [0.1, 0.15) is 0 Å². The van der Waals surface area contributed by atoms with Crippen molar-refractivity contribution in [1.29, 1.82) is 0 Å². The van der Waals surface area contributed by atoms with Crippen molar-refractivity contribution in [3.63, 3.8) is 0 Å². The lowest BCUT2D eigenvalue weighted by atomic mass is 9.94. The van der Waals surface area contributed by atoms with Gasteiger partial charge in [0.05, 0.1) is 0 Å². The van der Waals surface area contributed by atoms with Gasteiger partial charge in [-0.05, 0) is 63.0 Å². The molecule has 1 aliphatic rings. The summed E-state index contributed by atoms with van der Waals surface area (Å²) in [5, 5.41) is 7.51. The Balaban J connectivity index is 0.00000264. The smallest absolute Gasteiger partial charge is 0.191 e. The van der Waals surface area contributed by atoms with Crippen LogP contribution in [0.2, 0.25) is 5.02 Å². The van der Waals surface area contributed by atoms with E-state index in [-0.39, 0.29) is 24.0 Å². The number of rotatable bonds is 5. The number of aliphatic imine (C=N–C) groups is 1. The van der Waals surface area contributed by atoms with E-state index in [1.165, 1.54) is 37.9 Å². The highest BCUT2D eigenvalue weighted by molar-refractivity contribution is 14.0. The van der Waals surface area contributed by atoms with Gasteiger partial charge >= 0.3 is 0 Å². The zero-order chi connectivity index (χ0) is 15.8. The third kappa shape index (κ3) is 7.72. The van der Waals surface area contributed by atoms with Crippen molar-refractivity contribution in [2.75, 3.05) is 33.7 Å². The van der Waals surface area contributed by atoms with Crippen LogP contribution in [-0.2, 0) is 6.54 Å². The zero-order valence-electron chi connectivity index (χ0n) is 14.0. The van der Waals surface area contributed by atoms with Crippen molar-refractivity contribution in [1.82, 2.24) is 15.5 Å². The molecule has 23 heavy (non-hydrogen) atoms. The average Bonchev–Trinajstić information content (AvgIpc) is 2.54. The van der Waals surface area contributed by atoms with Gasteiger partial charge in [-0.2, -0.15) is 0 Å². The molecular formula is C17H28ClIN4. The molecule has 0 spiro atoms. The monoisotopic (exact) mass is 450 g/mol. The molecule has 1 aromatic rings. The van der Waals surface area contributed by atoms with Crippen molar-refractivity contribution in [3.05, 3.63) is 34.9 Å². The van der Waals surface area contributed by atoms with E-state index in [4.69, 9.17) is 11.6 Å². The van der Waals surface area contributed by atoms with E-state index in [2.05, 4.69) is 27.6 Å². The standard InChI is InChI=1S/C17H27ClN4.HI/c1-19-17(21-13-15-3-5-16(18)6-4-15)20-10-7-14-8-11-22(2)12-9-14;/h3-6,14H,7-13H2,1-2H3,(H2,19,20,21);1H. The van der Waals surface area contributed by atoms with Crippen LogP contribution in [0.1, 0.15) is 24.8 Å². The molecule has 0 aromatic heterocycles. The van der Waals surface area contributed by atoms with Gasteiger partial charge in [0.2, 0.25) is 0 Å². The summed E-state index contributed by atoms with van der Waals surface area (Å²) in [7, 11) is 4.02. The summed E-state index contributed by atoms with van der Waals surface area (Å²) in [6.45, 7) is 4.20. The van der Waals surface area contributed by atoms with E-state index < -0.39 is 0 Å². The predicted octanol–water partition coefficient (Wildman–Crippen LogP) is 3.35. The molecule has 0 unspecified atom stereocenters. The maximum absolute atomic E-state index is 5.89. The van der Waals surface area contributed by atoms with E-state index in [1.807, 2.05) is 31.3 Å². The van der Waals surface area contributed by atoms with E-state index >= 15 is 0 Å². The maximum atomic E-state index is 5.89. The molecule has 1 aliphatic heterocycles. The summed E-state index contributed by atoms with van der Waals surface area (Å²) in [4.78, 5) is 6.69. The number of nitrogens with one attached hydrogen (secondary N) is 2. The topological polar surface area (TPSA) is 39.7 Å². The summed E-state index contributed by atoms with van der Waals surface area (Å²) in [5.41, 5.74) is 1.20. The molecule has 1 aromatic carbocycles. The minimum absolute atomic E-state index is 0. The highest BCUT2D eigenvalue weighted by atomic mass is 127. The minimum Gasteiger partial charge on any atom is -0.356 e. The Morgan fingerprint density at radius 2 is 1.87 bits per heavy atom. The van der Waals surface area contributed by atoms with Crippen LogP contribution < -0.4 is 10.6 Å². The number of piperidine rings is 1. The third-order valence-electron chi connectivity index (χ3n) is 4.28. The van der Waals surface area contributed by atoms with E-state index in [0.717, 1.165) is 30.0 Å². The Bertz CT molecular complexity index is 470. The van der Waals surface area contributed by atoms with E-state index in [0.29, 0.717) is 0 Å². The molecule has 0 amide bonds. The second-order valence-electron chi connectivity index (χ2n) is 6.01. The fourth-order valence-corrected chi connectivity index (χ4v) is 2.88. The number of guanidine groups is 1. The second kappa shape index (κ2) is 11.1. The molecule has 0 bridgehead atoms. The number of hydrogen-bond acceptors (Lipinski definition) is 2. The van der Waals surface area contributed by atoms with Gasteiger partial charge in [0, 0.05) is 25.2 Å². The van der Waals surface area contributed by atoms with Gasteiger partial charge in [-0.25, -0.2) is 0 Å². The zero-order valence-corrected chi connectivity index (χ0v) is 17.1. The predicted molar refractivity (Wildman–Crippen MR) is 110 cm³/mol. The number of benzene rings is 1. The van der Waals surface area contributed by atoms with Crippen LogP contribution in [0.15, 0.2) is 29.3 Å². The fraction of sp³-hybridized carbons (Fsp3) is 0.588. The fourth-order valence-electron chi connectivity index (χ4n) is 2.75. The van der Waals surface area contributed by atoms with Crippen molar-refractivity contribution < 1.29 is 0 Å². The van der Waals surface area contributed by atoms with Crippen LogP contribution in [0.4, 0.5) is 0 Å². The Morgan fingerprint density at radius 3 is 2.48 bits per heavy atom. The van der Waals surface area contributed by atoms with Gasteiger partial charge in [0.15, 0.2) is 5.96 Å². The molecule has 2 rings (SSSR count). The molecule has 1 fully saturated rings. The lowest BCUT2D eigenvalue weighted by molar-refractivity contribution is 0.213. The van der Waals surface area contributed by atoms with Gasteiger partial charge in [-0.1, -0.05) is 23.7 Å². The molecular weight excluding hydrogens is 423 g/mol. The first-order chi connectivity index (χ1) is 10.7. The highest BCUT2D eigenvalue weighted by Gasteiger charge is 2.16. The highest BCUT2D eigenvalue weighted by Crippen LogP contribution is 2.18. The summed E-state index contributed by atoms with van der Waals surface area (Å²) in [6, 6.07) is 7.88. The second-order valence-corrected chi connectivity index (χ2v) is 6.45. The summed E-state index contributed by atoms with van der Waals surface area (Å²) < 4.78 is 0. The van der Waals surface area contributed by atoms with Gasteiger partial charge in [-0.15, -0.1) is 24.0 Å². The summed E-state index contributed by atoms with van der Waals surface area (Å²) in [6.07, 6.45) is 3.85. The van der Waals surface area contributed by atoms with Gasteiger partial charge in [0.25, 0.3) is 0 Å². The van der Waals surface area contributed by atoms with Gasteiger partial charge in [-0.3, -0.25) is 4.99 Å². The van der Waals surface area contributed by atoms with Gasteiger partial charge < -0.3 is 15.5 Å². The first-order valence-electron chi connectivity index (χ1n) is 8.05. The van der Waals surface area contributed by atoms with E-state index in [1.54, 1.807) is 0 Å². The third-order valence-corrected chi connectivity index (χ3v) is 4.53. The average molecular weight is 451 g/mol. The normalized spacial score (nSPS) is 16.7. The number of halogens is 2. The van der Waals surface area contributed by atoms with Crippen molar-refractivity contribution in [2.45, 2.75) is 25.8 Å². The maximum Gasteiger partial charge on any atom is 0.191 e. The van der Waals surface area contributed by atoms with Crippen LogP contribution >= 0.6 is 35.6 Å². The van der Waals surface area contributed by atoms with Crippen LogP contribution in [0.25, 0.3) is 0 Å². The molecule has 2 N–H and O–H groups in total. The Hall–Kier alpha value is -0.530. The molecule has 4 nitrogen and oxygen atoms in total. The molecule has 0 aliphatic carbocycles. The molecule has 0 saturated carbocycles. The Morgan fingerprint density at radius 1 is 1.22 bits per heavy atom. The van der Waals surface area contributed by atoms with Crippen LogP contribution in [0.5, 0.6) is 0 Å². The lowest BCUT2D eigenvalue weighted by Crippen LogP contribution is -2.38. The lowest BCUT2D eigenvalue weighted by Gasteiger charge is -2.29. The van der Waals surface area contributed by atoms with Crippen LogP contribution in [0, 0.1) is 5.92 Å². The first kappa shape index (κ1) is 20.5. The Labute approximate surface area is 162 Å². The molecule has 1 saturated heterocycles. The molecule has 0 atom stereocenters. The molecule has 6 heteroatoms. The number of likely N-dealkylation sites (tertiary alicyclic amines) is 1. The van der Waals surface area contributed by atoms with Crippen LogP contribution in [0.3, 0.4) is 0 Å². The van der Waals surface area contributed by atoms with Crippen molar-refractivity contribution >= 4 is 41.5 Å². The SMILES string of the molecule is CN=C(NCCC1CCN(C)CC1)NCc1ccc(Cl)cc1.I. The van der Waals surface area contributed by atoms with Crippen molar-refractivity contribution in [3.8, 4) is 0 Å². The minimum atomic E-state index is 0. The Kier molecular flexibility index (Phi) is 9.90. The first-order valence-corrected chi connectivity index (χ1v) is 8.42. The number of nitrogens with zero attached hydrogens (tertiary/aromatic N) is 2. The van der Waals surface area contributed by atoms with Crippen LogP contribution in [-0.4, -0.2) is 44.6 Å². The van der Waals surface area contributed by atoms with Crippen molar-refractivity contribution in [2.24, 2.45) is 10.9 Å². The molecule has 1 heterocycles. The van der Waals surface area contributed by atoms with E-state index in [9.17, 15) is 0 Å². The quantitative estimate of drug-likeness (QED) is 0.410.